The number of hydrogen-bond donors (Lipinski definition) is 1. The molecule has 7 heteroatoms. The van der Waals surface area contributed by atoms with Gasteiger partial charge < -0.3 is 9.84 Å². The van der Waals surface area contributed by atoms with E-state index in [2.05, 4.69) is 9.36 Å². The highest BCUT2D eigenvalue weighted by atomic mass is 32.1. The maximum absolute atomic E-state index is 10.5. The average molecular weight is 228 g/mol. The van der Waals surface area contributed by atoms with Crippen LogP contribution in [0.2, 0.25) is 0 Å². The van der Waals surface area contributed by atoms with Crippen LogP contribution in [0.25, 0.3) is 0 Å². The lowest BCUT2D eigenvalue weighted by atomic mass is 10.4. The smallest absolute Gasteiger partial charge is 0.346 e. The van der Waals surface area contributed by atoms with Crippen LogP contribution in [-0.2, 0) is 0 Å². The topological polar surface area (TPSA) is 72.3 Å². The number of carboxylic acids is 1. The van der Waals surface area contributed by atoms with Crippen molar-refractivity contribution in [3.8, 4) is 10.9 Å². The third-order valence-electron chi connectivity index (χ3n) is 1.33. The predicted octanol–water partition coefficient (Wildman–Crippen LogP) is 2.09. The lowest BCUT2D eigenvalue weighted by molar-refractivity contribution is 0.0702. The fourth-order valence-electron chi connectivity index (χ4n) is 0.793. The molecule has 2 aromatic rings. The van der Waals surface area contributed by atoms with E-state index >= 15 is 0 Å². The molecule has 0 saturated carbocycles. The van der Waals surface area contributed by atoms with E-state index in [0.717, 1.165) is 22.9 Å². The summed E-state index contributed by atoms with van der Waals surface area (Å²) >= 11 is 2.22. The normalized spacial score (nSPS) is 10.0. The van der Waals surface area contributed by atoms with Gasteiger partial charge in [-0.05, 0) is 0 Å². The van der Waals surface area contributed by atoms with Crippen LogP contribution in [0.3, 0.4) is 0 Å². The molecule has 0 bridgehead atoms. The molecule has 0 saturated heterocycles. The van der Waals surface area contributed by atoms with Crippen LogP contribution in [0.15, 0.2) is 17.8 Å². The molecule has 0 aliphatic heterocycles. The van der Waals surface area contributed by atoms with E-state index in [4.69, 9.17) is 9.84 Å². The van der Waals surface area contributed by atoms with Gasteiger partial charge in [-0.2, -0.15) is 9.36 Å². The van der Waals surface area contributed by atoms with Crippen molar-refractivity contribution in [2.24, 2.45) is 0 Å². The summed E-state index contributed by atoms with van der Waals surface area (Å²) in [4.78, 5) is 14.6. The Morgan fingerprint density at radius 2 is 2.43 bits per heavy atom. The van der Waals surface area contributed by atoms with Crippen molar-refractivity contribution < 1.29 is 14.6 Å². The molecule has 5 nitrogen and oxygen atoms in total. The minimum Gasteiger partial charge on any atom is -0.477 e. The van der Waals surface area contributed by atoms with E-state index in [1.165, 1.54) is 12.4 Å². The van der Waals surface area contributed by atoms with Crippen molar-refractivity contribution in [1.29, 1.82) is 0 Å². The van der Waals surface area contributed by atoms with E-state index in [0.29, 0.717) is 10.9 Å². The van der Waals surface area contributed by atoms with E-state index in [9.17, 15) is 4.79 Å². The van der Waals surface area contributed by atoms with Gasteiger partial charge in [-0.15, -0.1) is 11.3 Å². The first kappa shape index (κ1) is 9.10. The lowest BCUT2D eigenvalue weighted by Gasteiger charge is -1.93. The van der Waals surface area contributed by atoms with Crippen molar-refractivity contribution in [3.63, 3.8) is 0 Å². The van der Waals surface area contributed by atoms with Gasteiger partial charge >= 0.3 is 5.97 Å². The number of nitrogens with zero attached hydrogens (tertiary/aromatic N) is 2. The van der Waals surface area contributed by atoms with Crippen LogP contribution in [0.1, 0.15) is 9.67 Å². The quantitative estimate of drug-likeness (QED) is 0.870. The molecule has 0 radical (unpaired) electrons. The zero-order valence-electron chi connectivity index (χ0n) is 6.71. The standard InChI is InChI=1S/C7H4N2O3S2/c10-6(11)5-1-4(2-13-5)12-7-8-3-9-14-7/h1-3H,(H,10,11). The Hall–Kier alpha value is -1.47. The SMILES string of the molecule is O=C(O)c1cc(Oc2ncns2)cs1. The fraction of sp³-hybridized carbons (Fsp3) is 0. The van der Waals surface area contributed by atoms with Gasteiger partial charge in [0.25, 0.3) is 5.19 Å². The largest absolute Gasteiger partial charge is 0.477 e. The van der Waals surface area contributed by atoms with Crippen molar-refractivity contribution in [1.82, 2.24) is 9.36 Å². The van der Waals surface area contributed by atoms with Gasteiger partial charge in [0.15, 0.2) is 0 Å². The number of thiophene rings is 1. The Morgan fingerprint density at radius 3 is 3.00 bits per heavy atom. The summed E-state index contributed by atoms with van der Waals surface area (Å²) in [6.07, 6.45) is 1.38. The maximum Gasteiger partial charge on any atom is 0.346 e. The monoisotopic (exact) mass is 228 g/mol. The van der Waals surface area contributed by atoms with E-state index < -0.39 is 5.97 Å². The van der Waals surface area contributed by atoms with Crippen molar-refractivity contribution >= 4 is 28.8 Å². The first-order chi connectivity index (χ1) is 6.75. The second-order valence-electron chi connectivity index (χ2n) is 2.26. The molecular formula is C7H4N2O3S2. The van der Waals surface area contributed by atoms with E-state index in [1.54, 1.807) is 5.38 Å². The molecule has 2 heterocycles. The van der Waals surface area contributed by atoms with Crippen LogP contribution in [0.4, 0.5) is 0 Å². The Morgan fingerprint density at radius 1 is 1.57 bits per heavy atom. The Balaban J connectivity index is 2.14. The highest BCUT2D eigenvalue weighted by Gasteiger charge is 2.08. The molecule has 0 amide bonds. The van der Waals surface area contributed by atoms with Crippen molar-refractivity contribution in [2.75, 3.05) is 0 Å². The number of ether oxygens (including phenoxy) is 1. The number of carbonyl (C=O) groups is 1. The molecule has 0 fully saturated rings. The van der Waals surface area contributed by atoms with Gasteiger partial charge in [0.1, 0.15) is 17.0 Å². The van der Waals surface area contributed by atoms with Gasteiger partial charge in [-0.1, -0.05) is 0 Å². The third-order valence-corrected chi connectivity index (χ3v) is 2.77. The summed E-state index contributed by atoms with van der Waals surface area (Å²) in [5.41, 5.74) is 0. The highest BCUT2D eigenvalue weighted by molar-refractivity contribution is 7.12. The molecule has 2 aromatic heterocycles. The molecule has 0 aliphatic rings. The maximum atomic E-state index is 10.5. The second kappa shape index (κ2) is 3.72. The van der Waals surface area contributed by atoms with Crippen molar-refractivity contribution in [3.05, 3.63) is 22.7 Å². The number of aromatic carboxylic acids is 1. The molecule has 0 spiro atoms. The fourth-order valence-corrected chi connectivity index (χ4v) is 1.85. The Labute approximate surface area is 86.8 Å². The summed E-state index contributed by atoms with van der Waals surface area (Å²) in [5.74, 6) is -0.480. The number of hydrogen-bond acceptors (Lipinski definition) is 6. The second-order valence-corrected chi connectivity index (χ2v) is 3.91. The predicted molar refractivity (Wildman–Crippen MR) is 51.3 cm³/mol. The van der Waals surface area contributed by atoms with Gasteiger partial charge in [-0.3, -0.25) is 0 Å². The average Bonchev–Trinajstić information content (AvgIpc) is 2.75. The summed E-state index contributed by atoms with van der Waals surface area (Å²) in [6, 6.07) is 1.45. The minimum absolute atomic E-state index is 0.240. The number of carboxylic acid groups (broad SMARTS) is 1. The number of rotatable bonds is 3. The zero-order valence-corrected chi connectivity index (χ0v) is 8.34. The van der Waals surface area contributed by atoms with Crippen LogP contribution in [-0.4, -0.2) is 20.4 Å². The molecule has 0 aliphatic carbocycles. The van der Waals surface area contributed by atoms with E-state index in [-0.39, 0.29) is 4.88 Å². The Kier molecular flexibility index (Phi) is 2.42. The van der Waals surface area contributed by atoms with Gasteiger partial charge in [-0.25, -0.2) is 4.79 Å². The first-order valence-electron chi connectivity index (χ1n) is 3.52. The summed E-state index contributed by atoms with van der Waals surface area (Å²) in [5, 5.41) is 10.7. The number of aromatic nitrogens is 2. The zero-order chi connectivity index (χ0) is 9.97. The summed E-state index contributed by atoms with van der Waals surface area (Å²) < 4.78 is 8.99. The molecule has 14 heavy (non-hydrogen) atoms. The van der Waals surface area contributed by atoms with Gasteiger partial charge in [0.05, 0.1) is 0 Å². The third kappa shape index (κ3) is 1.88. The highest BCUT2D eigenvalue weighted by Crippen LogP contribution is 2.27. The van der Waals surface area contributed by atoms with Crippen LogP contribution < -0.4 is 4.74 Å². The minimum atomic E-state index is -0.956. The van der Waals surface area contributed by atoms with Crippen LogP contribution >= 0.6 is 22.9 Å². The molecular weight excluding hydrogens is 224 g/mol. The molecule has 0 atom stereocenters. The Bertz CT molecular complexity index is 437. The summed E-state index contributed by atoms with van der Waals surface area (Å²) in [7, 11) is 0. The summed E-state index contributed by atoms with van der Waals surface area (Å²) in [6.45, 7) is 0. The molecule has 72 valence electrons. The molecule has 1 N–H and O–H groups in total. The molecule has 0 unspecified atom stereocenters. The van der Waals surface area contributed by atoms with Crippen LogP contribution in [0, 0.1) is 0 Å². The molecule has 0 aromatic carbocycles. The van der Waals surface area contributed by atoms with Gasteiger partial charge in [0, 0.05) is 23.0 Å². The lowest BCUT2D eigenvalue weighted by Crippen LogP contribution is -1.90. The first-order valence-corrected chi connectivity index (χ1v) is 5.17. The van der Waals surface area contributed by atoms with Gasteiger partial charge in [0.2, 0.25) is 0 Å². The molecule has 2 rings (SSSR count). The van der Waals surface area contributed by atoms with Crippen molar-refractivity contribution in [2.45, 2.75) is 0 Å². The van der Waals surface area contributed by atoms with Crippen LogP contribution in [0.5, 0.6) is 10.9 Å². The van der Waals surface area contributed by atoms with E-state index in [1.807, 2.05) is 0 Å².